The van der Waals surface area contributed by atoms with E-state index in [1.807, 2.05) is 0 Å². The van der Waals surface area contributed by atoms with E-state index < -0.39 is 22.3 Å². The number of carbonyl (C=O) groups excluding carboxylic acids is 2. The maximum Gasteiger partial charge on any atom is 0.338 e. The van der Waals surface area contributed by atoms with Crippen LogP contribution in [0.25, 0.3) is 6.08 Å². The van der Waals surface area contributed by atoms with E-state index in [1.54, 1.807) is 38.2 Å². The molecule has 2 aromatic carbocycles. The molecule has 0 saturated carbocycles. The number of amides is 1. The highest BCUT2D eigenvalue weighted by Crippen LogP contribution is 2.34. The van der Waals surface area contributed by atoms with E-state index in [9.17, 15) is 24.8 Å². The molecule has 1 amide bonds. The van der Waals surface area contributed by atoms with E-state index >= 15 is 0 Å². The fraction of sp³-hybridized carbons (Fsp3) is 0.150. The number of nitrogens with zero attached hydrogens (tertiary/aromatic N) is 3. The van der Waals surface area contributed by atoms with Crippen LogP contribution in [-0.4, -0.2) is 40.5 Å². The van der Waals surface area contributed by atoms with Gasteiger partial charge >= 0.3 is 5.97 Å². The number of thioether (sulfide) groups is 1. The normalized spacial score (nSPS) is 16.3. The molecule has 3 rings (SSSR count). The van der Waals surface area contributed by atoms with Crippen LogP contribution in [0, 0.1) is 10.1 Å². The molecule has 0 spiro atoms. The SMILES string of the molecule is CCOC(=O)c1ccc(N=C2S/C(=C\c3ccc([O-])c([N+](=O)[O-])c3)C(=O)N2C)cc1. The highest BCUT2D eigenvalue weighted by molar-refractivity contribution is 8.18. The predicted molar refractivity (Wildman–Crippen MR) is 110 cm³/mol. The highest BCUT2D eigenvalue weighted by Gasteiger charge is 2.30. The van der Waals surface area contributed by atoms with Crippen LogP contribution in [0.15, 0.2) is 52.4 Å². The van der Waals surface area contributed by atoms with Crippen molar-refractivity contribution in [3.05, 3.63) is 68.6 Å². The fourth-order valence-electron chi connectivity index (χ4n) is 2.57. The number of rotatable bonds is 5. The average Bonchev–Trinajstić information content (AvgIpc) is 2.97. The first-order chi connectivity index (χ1) is 14.3. The topological polar surface area (TPSA) is 125 Å². The van der Waals surface area contributed by atoms with Crippen LogP contribution in [-0.2, 0) is 9.53 Å². The third-order valence-corrected chi connectivity index (χ3v) is 5.14. The number of amidine groups is 1. The minimum absolute atomic E-state index is 0.280. The van der Waals surface area contributed by atoms with Gasteiger partial charge in [-0.1, -0.05) is 12.1 Å². The average molecular weight is 426 g/mol. The van der Waals surface area contributed by atoms with E-state index in [4.69, 9.17) is 4.74 Å². The van der Waals surface area contributed by atoms with Crippen molar-refractivity contribution in [2.45, 2.75) is 6.92 Å². The Labute approximate surface area is 175 Å². The van der Waals surface area contributed by atoms with Crippen molar-refractivity contribution < 1.29 is 24.4 Å². The molecule has 1 heterocycles. The molecule has 0 aromatic heterocycles. The summed E-state index contributed by atoms with van der Waals surface area (Å²) in [5.74, 6) is -1.45. The standard InChI is InChI=1S/C20H17N3O6S/c1-3-29-19(26)13-5-7-14(8-6-13)21-20-22(2)18(25)17(30-20)11-12-4-9-16(24)15(10-12)23(27)28/h4-11,24H,3H2,1-2H3/p-1/b17-11-,21-20?. The van der Waals surface area contributed by atoms with Gasteiger partial charge in [0.05, 0.1) is 27.7 Å². The lowest BCUT2D eigenvalue weighted by atomic mass is 10.1. The first kappa shape index (κ1) is 21.1. The molecule has 1 saturated heterocycles. The van der Waals surface area contributed by atoms with Crippen molar-refractivity contribution in [2.75, 3.05) is 13.7 Å². The number of aliphatic imine (C=N–C) groups is 1. The molecule has 30 heavy (non-hydrogen) atoms. The summed E-state index contributed by atoms with van der Waals surface area (Å²) in [6.45, 7) is 2.00. The maximum atomic E-state index is 12.5. The number of nitro benzene ring substituents is 1. The third-order valence-electron chi connectivity index (χ3n) is 4.08. The Bertz CT molecular complexity index is 1080. The number of hydrogen-bond acceptors (Lipinski definition) is 8. The number of nitro groups is 1. The largest absolute Gasteiger partial charge is 0.868 e. The molecular formula is C20H16N3O6S-. The Hall–Kier alpha value is -3.66. The second-order valence-corrected chi connectivity index (χ2v) is 7.13. The summed E-state index contributed by atoms with van der Waals surface area (Å²) in [5.41, 5.74) is 0.750. The Morgan fingerprint density at radius 1 is 1.27 bits per heavy atom. The lowest BCUT2D eigenvalue weighted by Crippen LogP contribution is -2.23. The molecule has 0 radical (unpaired) electrons. The van der Waals surface area contributed by atoms with Crippen LogP contribution < -0.4 is 5.11 Å². The van der Waals surface area contributed by atoms with Gasteiger partial charge in [0.15, 0.2) is 5.17 Å². The molecule has 0 aliphatic carbocycles. The maximum absolute atomic E-state index is 12.5. The lowest BCUT2D eigenvalue weighted by Gasteiger charge is -2.07. The molecule has 0 N–H and O–H groups in total. The number of ether oxygens (including phenoxy) is 1. The highest BCUT2D eigenvalue weighted by atomic mass is 32.2. The van der Waals surface area contributed by atoms with Crippen molar-refractivity contribution in [3.63, 3.8) is 0 Å². The van der Waals surface area contributed by atoms with Gasteiger partial charge in [-0.3, -0.25) is 19.8 Å². The first-order valence-corrected chi connectivity index (χ1v) is 9.60. The van der Waals surface area contributed by atoms with Crippen LogP contribution in [0.4, 0.5) is 11.4 Å². The number of hydrogen-bond donors (Lipinski definition) is 0. The Morgan fingerprint density at radius 2 is 1.97 bits per heavy atom. The van der Waals surface area contributed by atoms with Gasteiger partial charge < -0.3 is 9.84 Å². The molecule has 0 bridgehead atoms. The predicted octanol–water partition coefficient (Wildman–Crippen LogP) is 3.08. The van der Waals surface area contributed by atoms with Gasteiger partial charge in [0.25, 0.3) is 11.6 Å². The summed E-state index contributed by atoms with van der Waals surface area (Å²) < 4.78 is 4.93. The zero-order chi connectivity index (χ0) is 21.8. The van der Waals surface area contributed by atoms with Crippen molar-refractivity contribution in [2.24, 2.45) is 4.99 Å². The van der Waals surface area contributed by atoms with Crippen molar-refractivity contribution in [3.8, 4) is 5.75 Å². The molecule has 154 valence electrons. The Balaban J connectivity index is 1.84. The smallest absolute Gasteiger partial charge is 0.338 e. The fourth-order valence-corrected chi connectivity index (χ4v) is 3.55. The monoisotopic (exact) mass is 426 g/mol. The number of carbonyl (C=O) groups is 2. The van der Waals surface area contributed by atoms with Gasteiger partial charge in [-0.25, -0.2) is 9.79 Å². The van der Waals surface area contributed by atoms with Crippen molar-refractivity contribution in [1.82, 2.24) is 4.90 Å². The summed E-state index contributed by atoms with van der Waals surface area (Å²) in [6, 6.07) is 10.1. The molecule has 2 aromatic rings. The van der Waals surface area contributed by atoms with Crippen LogP contribution in [0.5, 0.6) is 5.75 Å². The van der Waals surface area contributed by atoms with E-state index in [-0.39, 0.29) is 12.5 Å². The quantitative estimate of drug-likeness (QED) is 0.311. The van der Waals surface area contributed by atoms with Crippen molar-refractivity contribution >= 4 is 46.3 Å². The van der Waals surface area contributed by atoms with Gasteiger partial charge in [0.2, 0.25) is 0 Å². The Morgan fingerprint density at radius 3 is 2.60 bits per heavy atom. The molecule has 1 fully saturated rings. The molecule has 10 heteroatoms. The number of esters is 1. The van der Waals surface area contributed by atoms with Crippen LogP contribution in [0.3, 0.4) is 0 Å². The third kappa shape index (κ3) is 4.49. The van der Waals surface area contributed by atoms with Crippen LogP contribution in [0.1, 0.15) is 22.8 Å². The van der Waals surface area contributed by atoms with E-state index in [2.05, 4.69) is 4.99 Å². The summed E-state index contributed by atoms with van der Waals surface area (Å²) in [6.07, 6.45) is 1.47. The molecule has 0 unspecified atom stereocenters. The summed E-state index contributed by atoms with van der Waals surface area (Å²) in [5, 5.41) is 22.9. The van der Waals surface area contributed by atoms with E-state index in [1.165, 1.54) is 17.0 Å². The van der Waals surface area contributed by atoms with Crippen LogP contribution in [0.2, 0.25) is 0 Å². The van der Waals surface area contributed by atoms with Gasteiger partial charge in [-0.2, -0.15) is 0 Å². The molecule has 1 aliphatic rings. The number of benzene rings is 2. The van der Waals surface area contributed by atoms with Gasteiger partial charge in [-0.05, 0) is 60.3 Å². The van der Waals surface area contributed by atoms with Crippen molar-refractivity contribution in [1.29, 1.82) is 0 Å². The lowest BCUT2D eigenvalue weighted by molar-refractivity contribution is -0.398. The molecule has 0 atom stereocenters. The van der Waals surface area contributed by atoms with Gasteiger partial charge in [0, 0.05) is 13.1 Å². The van der Waals surface area contributed by atoms with Gasteiger partial charge in [0.1, 0.15) is 0 Å². The zero-order valence-electron chi connectivity index (χ0n) is 16.0. The first-order valence-electron chi connectivity index (χ1n) is 8.79. The minimum Gasteiger partial charge on any atom is -0.868 e. The second-order valence-electron chi connectivity index (χ2n) is 6.12. The summed E-state index contributed by atoms with van der Waals surface area (Å²) in [7, 11) is 1.56. The minimum atomic E-state index is -0.757. The van der Waals surface area contributed by atoms with E-state index in [0.717, 1.165) is 23.9 Å². The van der Waals surface area contributed by atoms with Gasteiger partial charge in [-0.15, -0.1) is 0 Å². The number of likely N-dealkylation sites (N-methyl/N-ethyl adjacent to an activating group) is 1. The molecular weight excluding hydrogens is 410 g/mol. The summed E-state index contributed by atoms with van der Waals surface area (Å²) in [4.78, 5) is 40.5. The second kappa shape index (κ2) is 8.78. The molecule has 9 nitrogen and oxygen atoms in total. The zero-order valence-corrected chi connectivity index (χ0v) is 16.8. The Kier molecular flexibility index (Phi) is 6.17. The van der Waals surface area contributed by atoms with E-state index in [0.29, 0.717) is 26.9 Å². The summed E-state index contributed by atoms with van der Waals surface area (Å²) >= 11 is 1.10. The molecule has 1 aliphatic heterocycles. The van der Waals surface area contributed by atoms with Crippen LogP contribution >= 0.6 is 11.8 Å².